The van der Waals surface area contributed by atoms with Crippen LogP contribution < -0.4 is 5.32 Å². The van der Waals surface area contributed by atoms with Crippen LogP contribution in [0.15, 0.2) is 52.1 Å². The van der Waals surface area contributed by atoms with Crippen molar-refractivity contribution in [2.45, 2.75) is 32.1 Å². The van der Waals surface area contributed by atoms with E-state index >= 15 is 0 Å². The van der Waals surface area contributed by atoms with Crippen molar-refractivity contribution in [1.82, 2.24) is 15.1 Å². The van der Waals surface area contributed by atoms with Crippen LogP contribution in [0.4, 0.5) is 0 Å². The van der Waals surface area contributed by atoms with Gasteiger partial charge in [-0.3, -0.25) is 9.79 Å². The smallest absolute Gasteiger partial charge is 0.289 e. The van der Waals surface area contributed by atoms with E-state index in [2.05, 4.69) is 39.5 Å². The Kier molecular flexibility index (Phi) is 10.0. The SMILES string of the molecule is CN=C(NCc1cccc(COC2CCOCC2)c1)N1CCN(C(=O)c2ccco2)CC1.I. The maximum atomic E-state index is 12.5. The summed E-state index contributed by atoms with van der Waals surface area (Å²) >= 11 is 0. The van der Waals surface area contributed by atoms with Crippen molar-refractivity contribution in [3.63, 3.8) is 0 Å². The normalized spacial score (nSPS) is 17.5. The number of furan rings is 1. The van der Waals surface area contributed by atoms with Crippen LogP contribution in [-0.2, 0) is 22.6 Å². The van der Waals surface area contributed by atoms with Gasteiger partial charge < -0.3 is 29.0 Å². The number of guanidine groups is 1. The van der Waals surface area contributed by atoms with Gasteiger partial charge in [0, 0.05) is 53.0 Å². The minimum Gasteiger partial charge on any atom is -0.459 e. The summed E-state index contributed by atoms with van der Waals surface area (Å²) in [6.07, 6.45) is 3.76. The van der Waals surface area contributed by atoms with E-state index in [9.17, 15) is 4.79 Å². The lowest BCUT2D eigenvalue weighted by Gasteiger charge is -2.36. The van der Waals surface area contributed by atoms with Crippen molar-refractivity contribution in [1.29, 1.82) is 0 Å². The maximum Gasteiger partial charge on any atom is 0.289 e. The zero-order valence-electron chi connectivity index (χ0n) is 19.1. The third-order valence-electron chi connectivity index (χ3n) is 5.91. The van der Waals surface area contributed by atoms with Gasteiger partial charge in [-0.25, -0.2) is 0 Å². The molecule has 9 heteroatoms. The van der Waals surface area contributed by atoms with Crippen molar-refractivity contribution in [2.24, 2.45) is 4.99 Å². The molecule has 0 bridgehead atoms. The van der Waals surface area contributed by atoms with E-state index in [1.165, 1.54) is 17.4 Å². The van der Waals surface area contributed by atoms with E-state index in [4.69, 9.17) is 13.9 Å². The van der Waals surface area contributed by atoms with Crippen LogP contribution in [-0.4, -0.2) is 74.2 Å². The van der Waals surface area contributed by atoms with Gasteiger partial charge in [0.25, 0.3) is 5.91 Å². The summed E-state index contributed by atoms with van der Waals surface area (Å²) in [5.74, 6) is 1.18. The number of nitrogens with one attached hydrogen (secondary N) is 1. The third-order valence-corrected chi connectivity index (χ3v) is 5.91. The Bertz CT molecular complexity index is 892. The second kappa shape index (κ2) is 13.0. The van der Waals surface area contributed by atoms with Gasteiger partial charge in [0.1, 0.15) is 0 Å². The van der Waals surface area contributed by atoms with Crippen LogP contribution in [0.2, 0.25) is 0 Å². The first-order chi connectivity index (χ1) is 15.7. The summed E-state index contributed by atoms with van der Waals surface area (Å²) in [7, 11) is 1.79. The Morgan fingerprint density at radius 2 is 1.82 bits per heavy atom. The number of ether oxygens (including phenoxy) is 2. The van der Waals surface area contributed by atoms with Crippen molar-refractivity contribution < 1.29 is 18.7 Å². The number of benzene rings is 1. The molecule has 0 aliphatic carbocycles. The number of piperazine rings is 1. The van der Waals surface area contributed by atoms with Gasteiger partial charge in [-0.2, -0.15) is 0 Å². The number of carbonyl (C=O) groups is 1. The molecule has 0 atom stereocenters. The molecule has 3 heterocycles. The number of halogens is 1. The third kappa shape index (κ3) is 7.18. The fourth-order valence-electron chi connectivity index (χ4n) is 4.08. The van der Waals surface area contributed by atoms with E-state index in [-0.39, 0.29) is 29.9 Å². The molecule has 8 nitrogen and oxygen atoms in total. The first-order valence-corrected chi connectivity index (χ1v) is 11.3. The van der Waals surface area contributed by atoms with Crippen molar-refractivity contribution in [3.8, 4) is 0 Å². The standard InChI is InChI=1S/C24H32N4O4.HI/c1-25-24(28-11-9-27(10-12-28)23(29)22-6-3-13-31-22)26-17-19-4-2-5-20(16-19)18-32-21-7-14-30-15-8-21;/h2-6,13,16,21H,7-12,14-15,17-18H2,1H3,(H,25,26);1H. The summed E-state index contributed by atoms with van der Waals surface area (Å²) in [6.45, 7) is 5.62. The fraction of sp³-hybridized carbons (Fsp3) is 0.500. The highest BCUT2D eigenvalue weighted by Crippen LogP contribution is 2.15. The predicted molar refractivity (Wildman–Crippen MR) is 137 cm³/mol. The molecule has 1 aromatic heterocycles. The van der Waals surface area contributed by atoms with Crippen molar-refractivity contribution in [3.05, 3.63) is 59.5 Å². The summed E-state index contributed by atoms with van der Waals surface area (Å²) in [5.41, 5.74) is 2.36. The Morgan fingerprint density at radius 3 is 2.52 bits per heavy atom. The van der Waals surface area contributed by atoms with Gasteiger partial charge in [-0.15, -0.1) is 24.0 Å². The molecule has 1 aromatic carbocycles. The van der Waals surface area contributed by atoms with Crippen molar-refractivity contribution >= 4 is 35.8 Å². The summed E-state index contributed by atoms with van der Waals surface area (Å²) in [4.78, 5) is 20.9. The maximum absolute atomic E-state index is 12.5. The summed E-state index contributed by atoms with van der Waals surface area (Å²) in [5, 5.41) is 3.46. The molecule has 180 valence electrons. The average molecular weight is 568 g/mol. The highest BCUT2D eigenvalue weighted by molar-refractivity contribution is 14.0. The number of hydrogen-bond acceptors (Lipinski definition) is 5. The Hall–Kier alpha value is -2.11. The Morgan fingerprint density at radius 1 is 1.09 bits per heavy atom. The first kappa shape index (κ1) is 25.5. The molecule has 2 fully saturated rings. The molecule has 2 aliphatic rings. The molecule has 1 amide bonds. The highest BCUT2D eigenvalue weighted by atomic mass is 127. The Labute approximate surface area is 212 Å². The van der Waals surface area contributed by atoms with Gasteiger partial charge in [-0.1, -0.05) is 24.3 Å². The molecule has 33 heavy (non-hydrogen) atoms. The van der Waals surface area contributed by atoms with E-state index in [0.29, 0.717) is 38.1 Å². The second-order valence-corrected chi connectivity index (χ2v) is 8.10. The van der Waals surface area contributed by atoms with Gasteiger partial charge in [-0.05, 0) is 36.1 Å². The number of carbonyl (C=O) groups excluding carboxylic acids is 1. The molecule has 0 radical (unpaired) electrons. The monoisotopic (exact) mass is 568 g/mol. The largest absolute Gasteiger partial charge is 0.459 e. The average Bonchev–Trinajstić information content (AvgIpc) is 3.39. The van der Waals surface area contributed by atoms with Crippen molar-refractivity contribution in [2.75, 3.05) is 46.4 Å². The predicted octanol–water partition coefficient (Wildman–Crippen LogP) is 3.13. The van der Waals surface area contributed by atoms with Crippen LogP contribution in [0.3, 0.4) is 0 Å². The minimum absolute atomic E-state index is 0. The zero-order chi connectivity index (χ0) is 22.2. The zero-order valence-corrected chi connectivity index (χ0v) is 21.4. The molecular weight excluding hydrogens is 535 g/mol. The Balaban J connectivity index is 0.00000306. The molecule has 4 rings (SSSR count). The van der Waals surface area contributed by atoms with Crippen LogP contribution in [0.25, 0.3) is 0 Å². The highest BCUT2D eigenvalue weighted by Gasteiger charge is 2.25. The van der Waals surface area contributed by atoms with Gasteiger partial charge in [0.15, 0.2) is 11.7 Å². The van der Waals surface area contributed by atoms with Gasteiger partial charge >= 0.3 is 0 Å². The van der Waals surface area contributed by atoms with E-state index in [1.54, 1.807) is 19.2 Å². The summed E-state index contributed by atoms with van der Waals surface area (Å²) in [6, 6.07) is 11.9. The fourth-order valence-corrected chi connectivity index (χ4v) is 4.08. The number of aliphatic imine (C=N–C) groups is 1. The van der Waals surface area contributed by atoms with Crippen LogP contribution in [0, 0.1) is 0 Å². The van der Waals surface area contributed by atoms with Crippen LogP contribution in [0.5, 0.6) is 0 Å². The summed E-state index contributed by atoms with van der Waals surface area (Å²) < 4.78 is 16.7. The molecule has 0 spiro atoms. The molecule has 2 aliphatic heterocycles. The molecule has 1 N–H and O–H groups in total. The lowest BCUT2D eigenvalue weighted by Crippen LogP contribution is -2.53. The number of nitrogens with zero attached hydrogens (tertiary/aromatic N) is 3. The van der Waals surface area contributed by atoms with Gasteiger partial charge in [0.2, 0.25) is 0 Å². The number of hydrogen-bond donors (Lipinski definition) is 1. The molecular formula is C24H33IN4O4. The molecule has 2 saturated heterocycles. The van der Waals surface area contributed by atoms with Crippen LogP contribution in [0.1, 0.15) is 34.5 Å². The first-order valence-electron chi connectivity index (χ1n) is 11.3. The lowest BCUT2D eigenvalue weighted by atomic mass is 10.1. The van der Waals surface area contributed by atoms with Gasteiger partial charge in [0.05, 0.1) is 19.0 Å². The molecule has 0 saturated carbocycles. The topological polar surface area (TPSA) is 79.5 Å². The second-order valence-electron chi connectivity index (χ2n) is 8.10. The van der Waals surface area contributed by atoms with Crippen LogP contribution >= 0.6 is 24.0 Å². The van der Waals surface area contributed by atoms with E-state index in [1.807, 2.05) is 4.90 Å². The lowest BCUT2D eigenvalue weighted by molar-refractivity contribution is -0.0390. The van der Waals surface area contributed by atoms with E-state index in [0.717, 1.165) is 45.1 Å². The van der Waals surface area contributed by atoms with E-state index < -0.39 is 0 Å². The molecule has 2 aromatic rings. The quantitative estimate of drug-likeness (QED) is 0.328. The number of amides is 1. The number of rotatable bonds is 6. The molecule has 0 unspecified atom stereocenters. The minimum atomic E-state index is -0.0580.